The number of allylic oxidation sites excluding steroid dienone is 3. The van der Waals surface area contributed by atoms with Crippen LogP contribution in [0.1, 0.15) is 75.7 Å². The molecule has 33 heavy (non-hydrogen) atoms. The first-order valence-corrected chi connectivity index (χ1v) is 11.5. The number of methoxy groups -OCH3 is 1. The fourth-order valence-electron chi connectivity index (χ4n) is 4.19. The van der Waals surface area contributed by atoms with Crippen LogP contribution in [0.3, 0.4) is 0 Å². The molecule has 0 aromatic heterocycles. The molecule has 2 rings (SSSR count). The summed E-state index contributed by atoms with van der Waals surface area (Å²) in [6.45, 7) is 8.31. The summed E-state index contributed by atoms with van der Waals surface area (Å²) in [5.74, 6) is -0.0782. The highest BCUT2D eigenvalue weighted by atomic mass is 16.5. The van der Waals surface area contributed by atoms with E-state index in [4.69, 9.17) is 15.7 Å². The Morgan fingerprint density at radius 3 is 2.58 bits per heavy atom. The summed E-state index contributed by atoms with van der Waals surface area (Å²) in [5.41, 5.74) is 7.55. The first kappa shape index (κ1) is 26.2. The van der Waals surface area contributed by atoms with Gasteiger partial charge in [0, 0.05) is 29.7 Å². The number of amides is 2. The van der Waals surface area contributed by atoms with Crippen molar-refractivity contribution in [2.75, 3.05) is 12.4 Å². The molecule has 0 saturated carbocycles. The Morgan fingerprint density at radius 2 is 2.00 bits per heavy atom. The van der Waals surface area contributed by atoms with E-state index in [-0.39, 0.29) is 29.6 Å². The van der Waals surface area contributed by atoms with Crippen molar-refractivity contribution in [3.8, 4) is 0 Å². The predicted octanol–water partition coefficient (Wildman–Crippen LogP) is 5.15. The van der Waals surface area contributed by atoms with Gasteiger partial charge in [0.1, 0.15) is 11.5 Å². The van der Waals surface area contributed by atoms with Gasteiger partial charge in [-0.2, -0.15) is 0 Å². The number of ether oxygens (including phenoxy) is 1. The molecular weight excluding hydrogens is 418 g/mol. The number of nitrogens with one attached hydrogen (secondary N) is 1. The maximum atomic E-state index is 13.2. The molecule has 0 fully saturated rings. The van der Waals surface area contributed by atoms with Crippen LogP contribution in [0, 0.1) is 11.8 Å². The molecule has 7 heteroatoms. The van der Waals surface area contributed by atoms with E-state index in [1.165, 1.54) is 0 Å². The van der Waals surface area contributed by atoms with Gasteiger partial charge < -0.3 is 21.0 Å². The molecule has 2 atom stereocenters. The summed E-state index contributed by atoms with van der Waals surface area (Å²) >= 11 is 0. The number of anilines is 1. The minimum atomic E-state index is -0.535. The van der Waals surface area contributed by atoms with Crippen LogP contribution in [0.15, 0.2) is 47.3 Å². The molecule has 0 aliphatic heterocycles. The Hall–Kier alpha value is -3.09. The molecule has 0 spiro atoms. The summed E-state index contributed by atoms with van der Waals surface area (Å²) in [7, 11) is 1.58. The van der Waals surface area contributed by atoms with Crippen molar-refractivity contribution in [2.45, 2.75) is 65.2 Å². The van der Waals surface area contributed by atoms with Crippen LogP contribution in [0.25, 0.3) is 0 Å². The van der Waals surface area contributed by atoms with Crippen molar-refractivity contribution in [1.82, 2.24) is 0 Å². The van der Waals surface area contributed by atoms with E-state index in [1.54, 1.807) is 31.4 Å². The number of oxime groups is 1. The fourth-order valence-corrected chi connectivity index (χ4v) is 4.19. The third-order valence-corrected chi connectivity index (χ3v) is 5.96. The number of carbonyl (C=O) groups excluding carboxylic acids is 2. The zero-order valence-electron chi connectivity index (χ0n) is 20.4. The van der Waals surface area contributed by atoms with Gasteiger partial charge in [0.05, 0.1) is 7.11 Å². The summed E-state index contributed by atoms with van der Waals surface area (Å²) in [4.78, 5) is 24.9. The lowest BCUT2D eigenvalue weighted by atomic mass is 9.81. The number of hydrogen-bond donors (Lipinski definition) is 3. The lowest BCUT2D eigenvalue weighted by Gasteiger charge is -2.28. The average molecular weight is 456 g/mol. The monoisotopic (exact) mass is 455 g/mol. The van der Waals surface area contributed by atoms with E-state index >= 15 is 0 Å². The highest BCUT2D eigenvalue weighted by Crippen LogP contribution is 2.34. The number of rotatable bonds is 10. The molecule has 1 aliphatic carbocycles. The predicted molar refractivity (Wildman–Crippen MR) is 131 cm³/mol. The van der Waals surface area contributed by atoms with E-state index in [0.717, 1.165) is 31.2 Å². The molecule has 4 N–H and O–H groups in total. The molecule has 0 saturated heterocycles. The first-order chi connectivity index (χ1) is 15.6. The van der Waals surface area contributed by atoms with Gasteiger partial charge in [-0.05, 0) is 41.5 Å². The zero-order valence-corrected chi connectivity index (χ0v) is 20.4. The summed E-state index contributed by atoms with van der Waals surface area (Å²) in [5, 5.41) is 15.4. The normalized spacial score (nSPS) is 18.0. The van der Waals surface area contributed by atoms with Crippen LogP contribution in [0.4, 0.5) is 5.69 Å². The van der Waals surface area contributed by atoms with E-state index in [1.807, 2.05) is 12.1 Å². The van der Waals surface area contributed by atoms with Crippen molar-refractivity contribution in [2.24, 2.45) is 22.7 Å². The minimum Gasteiger partial charge on any atom is -0.500 e. The van der Waals surface area contributed by atoms with Crippen LogP contribution >= 0.6 is 0 Å². The van der Waals surface area contributed by atoms with E-state index < -0.39 is 5.91 Å². The number of carbonyl (C=O) groups is 2. The number of nitrogens with two attached hydrogens (primary N) is 1. The van der Waals surface area contributed by atoms with Crippen LogP contribution in [-0.4, -0.2) is 29.8 Å². The van der Waals surface area contributed by atoms with E-state index in [2.05, 4.69) is 38.2 Å². The lowest BCUT2D eigenvalue weighted by Crippen LogP contribution is -2.26. The molecule has 0 bridgehead atoms. The Labute approximate surface area is 196 Å². The average Bonchev–Trinajstić information content (AvgIpc) is 2.77. The van der Waals surface area contributed by atoms with Crippen molar-refractivity contribution in [3.63, 3.8) is 0 Å². The Kier molecular flexibility index (Phi) is 9.26. The Balaban J connectivity index is 2.29. The summed E-state index contributed by atoms with van der Waals surface area (Å²) < 4.78 is 5.56. The number of hydrogen-bond acceptors (Lipinski definition) is 5. The highest BCUT2D eigenvalue weighted by Gasteiger charge is 2.29. The number of unbranched alkanes of at least 4 members (excludes halogenated alkanes) is 2. The van der Waals surface area contributed by atoms with Crippen molar-refractivity contribution >= 4 is 23.2 Å². The molecule has 1 aromatic rings. The third-order valence-electron chi connectivity index (χ3n) is 5.96. The lowest BCUT2D eigenvalue weighted by molar-refractivity contribution is -0.117. The maximum Gasteiger partial charge on any atom is 0.248 e. The summed E-state index contributed by atoms with van der Waals surface area (Å²) in [6, 6.07) is 5.19. The molecule has 180 valence electrons. The van der Waals surface area contributed by atoms with Crippen molar-refractivity contribution in [1.29, 1.82) is 0 Å². The first-order valence-electron chi connectivity index (χ1n) is 11.5. The maximum absolute atomic E-state index is 13.2. The van der Waals surface area contributed by atoms with Crippen LogP contribution in [0.2, 0.25) is 0 Å². The van der Waals surface area contributed by atoms with Crippen LogP contribution in [0.5, 0.6) is 0 Å². The Bertz CT molecular complexity index is 941. The fraction of sp³-hybridized carbons (Fsp3) is 0.500. The van der Waals surface area contributed by atoms with Crippen molar-refractivity contribution in [3.05, 3.63) is 53.3 Å². The third kappa shape index (κ3) is 7.20. The minimum absolute atomic E-state index is 0.0108. The second-order valence-electron chi connectivity index (χ2n) is 9.54. The van der Waals surface area contributed by atoms with Gasteiger partial charge in [0.15, 0.2) is 0 Å². The second-order valence-corrected chi connectivity index (χ2v) is 9.54. The van der Waals surface area contributed by atoms with Gasteiger partial charge >= 0.3 is 0 Å². The molecule has 2 amide bonds. The van der Waals surface area contributed by atoms with Crippen LogP contribution in [-0.2, 0) is 14.9 Å². The van der Waals surface area contributed by atoms with Gasteiger partial charge in [-0.25, -0.2) is 0 Å². The highest BCUT2D eigenvalue weighted by molar-refractivity contribution is 6.05. The second kappa shape index (κ2) is 11.7. The molecule has 0 radical (unpaired) electrons. The summed E-state index contributed by atoms with van der Waals surface area (Å²) in [6.07, 6.45) is 9.69. The number of primary amides is 1. The standard InChI is InChI=1S/C26H37N3O4/c1-6-7-8-9-17(20-12-11-19(29-32)16-23(20)33-5)15-24(30)28-22-14-18(25(27)31)10-13-21(22)26(2,3)4/h10-14,16-17,20,32H,6-9,15H2,1-5H3,(H2,27,31)(H,28,30)/b29-19+. The SMILES string of the molecule is CCCCCC(CC(=O)Nc1cc(C(N)=O)ccc1C(C)(C)C)C1C=C/C(=N\O)C=C1OC. The van der Waals surface area contributed by atoms with Gasteiger partial charge in [-0.1, -0.05) is 64.3 Å². The molecule has 7 nitrogen and oxygen atoms in total. The number of nitrogens with zero attached hydrogens (tertiary/aromatic N) is 1. The topological polar surface area (TPSA) is 114 Å². The molecule has 2 unspecified atom stereocenters. The number of benzene rings is 1. The molecular formula is C26H37N3O4. The Morgan fingerprint density at radius 1 is 1.27 bits per heavy atom. The van der Waals surface area contributed by atoms with Gasteiger partial charge in [0.25, 0.3) is 0 Å². The quantitative estimate of drug-likeness (QED) is 0.257. The largest absolute Gasteiger partial charge is 0.500 e. The van der Waals surface area contributed by atoms with Crippen molar-refractivity contribution < 1.29 is 19.5 Å². The van der Waals surface area contributed by atoms with Gasteiger partial charge in [0.2, 0.25) is 11.8 Å². The molecule has 1 aliphatic rings. The molecule has 0 heterocycles. The van der Waals surface area contributed by atoms with Gasteiger partial charge in [-0.15, -0.1) is 0 Å². The van der Waals surface area contributed by atoms with Crippen LogP contribution < -0.4 is 11.1 Å². The smallest absolute Gasteiger partial charge is 0.248 e. The van der Waals surface area contributed by atoms with E-state index in [9.17, 15) is 9.59 Å². The van der Waals surface area contributed by atoms with E-state index in [0.29, 0.717) is 22.7 Å². The van der Waals surface area contributed by atoms with Gasteiger partial charge in [-0.3, -0.25) is 9.59 Å². The zero-order chi connectivity index (χ0) is 24.6. The molecule has 1 aromatic carbocycles.